The van der Waals surface area contributed by atoms with Gasteiger partial charge in [-0.1, -0.05) is 45.8 Å². The summed E-state index contributed by atoms with van der Waals surface area (Å²) in [5.41, 5.74) is 0.127. The smallest absolute Gasteiger partial charge is 0.306 e. The van der Waals surface area contributed by atoms with Crippen LogP contribution in [-0.2, 0) is 51.5 Å². The molecule has 16 heteroatoms. The van der Waals surface area contributed by atoms with E-state index >= 15 is 0 Å². The Balaban J connectivity index is 1.10. The first kappa shape index (κ1) is 45.3. The number of hydrogen-bond acceptors (Lipinski definition) is 12. The van der Waals surface area contributed by atoms with Gasteiger partial charge in [0.15, 0.2) is 0 Å². The fourth-order valence-electron chi connectivity index (χ4n) is 9.67. The van der Waals surface area contributed by atoms with E-state index in [2.05, 4.69) is 14.9 Å². The number of sulfonamides is 1. The van der Waals surface area contributed by atoms with Gasteiger partial charge in [0.25, 0.3) is 5.91 Å². The fourth-order valence-corrected chi connectivity index (χ4v) is 11.0. The summed E-state index contributed by atoms with van der Waals surface area (Å²) in [5, 5.41) is 3.93. The molecule has 4 fully saturated rings. The number of benzene rings is 1. The first-order valence-corrected chi connectivity index (χ1v) is 24.7. The highest BCUT2D eigenvalue weighted by Crippen LogP contribution is 2.49. The maximum absolute atomic E-state index is 15.0. The minimum atomic E-state index is -3.99. The van der Waals surface area contributed by atoms with Gasteiger partial charge in [-0.3, -0.25) is 28.8 Å². The molecular formula is C47H65N5O10S. The van der Waals surface area contributed by atoms with Gasteiger partial charge in [-0.15, -0.1) is 0 Å². The van der Waals surface area contributed by atoms with Gasteiger partial charge in [-0.2, -0.15) is 0 Å². The second kappa shape index (κ2) is 18.3. The van der Waals surface area contributed by atoms with Crippen molar-refractivity contribution in [1.29, 1.82) is 0 Å². The fraction of sp³-hybridized carbons (Fsp3) is 0.681. The van der Waals surface area contributed by atoms with Crippen LogP contribution >= 0.6 is 0 Å². The Bertz CT molecular complexity index is 2220. The number of carbonyl (C=O) groups excluding carboxylic acids is 4. The summed E-state index contributed by atoms with van der Waals surface area (Å²) in [4.78, 5) is 66.1. The number of morpholine rings is 1. The molecule has 2 N–H and O–H groups in total. The molecule has 15 nitrogen and oxygen atoms in total. The zero-order valence-corrected chi connectivity index (χ0v) is 38.2. The first-order valence-electron chi connectivity index (χ1n) is 23.2. The van der Waals surface area contributed by atoms with Crippen molar-refractivity contribution >= 4 is 44.6 Å². The van der Waals surface area contributed by atoms with Crippen LogP contribution in [0.2, 0.25) is 0 Å². The molecule has 1 aromatic heterocycles. The molecule has 6 aliphatic rings. The van der Waals surface area contributed by atoms with E-state index in [0.717, 1.165) is 80.0 Å². The van der Waals surface area contributed by atoms with Crippen molar-refractivity contribution in [2.24, 2.45) is 17.8 Å². The number of amides is 3. The van der Waals surface area contributed by atoms with Crippen LogP contribution in [0.1, 0.15) is 110 Å². The van der Waals surface area contributed by atoms with Crippen LogP contribution in [0.4, 0.5) is 0 Å². The first-order chi connectivity index (χ1) is 30.1. The summed E-state index contributed by atoms with van der Waals surface area (Å²) in [6.45, 7) is 12.4. The van der Waals surface area contributed by atoms with Crippen LogP contribution in [0.3, 0.4) is 0 Å². The van der Waals surface area contributed by atoms with E-state index < -0.39 is 61.6 Å². The lowest BCUT2D eigenvalue weighted by Crippen LogP contribution is -2.57. The quantitative estimate of drug-likeness (QED) is 0.220. The highest BCUT2D eigenvalue weighted by Gasteiger charge is 2.64. The number of allylic oxidation sites excluding steroid dienone is 1. The Morgan fingerprint density at radius 1 is 1.08 bits per heavy atom. The standard InChI is InChI=1S/C47H65N5O10S/c1-5-37-41-35(36-26-34(13-14-38(36)48-37)60-24-21-51-19-22-59-23-20-51)15-16-46(62-41)28-39-42(54)49-47(44(56)50-63(57,58)45(4)17-18-45)27-33(47)12-10-8-6-7-9-11-32(43(55)52(39)30-46)25-40(53)61-29-31(2)3/h10,12-14,26,31-33,39H,5-9,11,15-25,27-30H2,1-4H3,(H,49,54)(H,50,56)/b12-10-/t32-,33-,39+,46-,47-/m1/s1. The second-order valence-electron chi connectivity index (χ2n) is 19.4. The number of nitrogens with zero attached hydrogens (tertiary/aromatic N) is 3. The molecule has 5 atom stereocenters. The maximum Gasteiger partial charge on any atom is 0.306 e. The van der Waals surface area contributed by atoms with Crippen LogP contribution in [-0.4, -0.2) is 121 Å². The van der Waals surface area contributed by atoms with Crippen molar-refractivity contribution in [1.82, 2.24) is 24.8 Å². The minimum absolute atomic E-state index is 0.0854. The van der Waals surface area contributed by atoms with E-state index in [1.54, 1.807) is 11.8 Å². The van der Waals surface area contributed by atoms with E-state index in [-0.39, 0.29) is 44.2 Å². The number of aryl methyl sites for hydroxylation is 2. The van der Waals surface area contributed by atoms with E-state index in [0.29, 0.717) is 57.3 Å². The number of ether oxygens (including phenoxy) is 4. The van der Waals surface area contributed by atoms with E-state index in [4.69, 9.17) is 23.9 Å². The monoisotopic (exact) mass is 891 g/mol. The van der Waals surface area contributed by atoms with Crippen LogP contribution < -0.4 is 19.5 Å². The zero-order chi connectivity index (χ0) is 44.6. The molecule has 2 aromatic rings. The number of aromatic nitrogens is 1. The number of carbonyl (C=O) groups is 4. The lowest BCUT2D eigenvalue weighted by Gasteiger charge is -2.37. The molecule has 0 unspecified atom stereocenters. The van der Waals surface area contributed by atoms with Gasteiger partial charge < -0.3 is 29.2 Å². The molecule has 2 saturated heterocycles. The number of rotatable bonds is 12. The predicted octanol–water partition coefficient (Wildman–Crippen LogP) is 4.77. The summed E-state index contributed by atoms with van der Waals surface area (Å²) in [7, 11) is -3.99. The van der Waals surface area contributed by atoms with Crippen LogP contribution in [0.15, 0.2) is 30.4 Å². The summed E-state index contributed by atoms with van der Waals surface area (Å²) in [6.07, 6.45) is 10.2. The van der Waals surface area contributed by atoms with Crippen molar-refractivity contribution in [2.75, 3.05) is 52.6 Å². The number of fused-ring (bicyclic) bond motifs is 5. The molecule has 2 aliphatic carbocycles. The molecule has 4 aliphatic heterocycles. The summed E-state index contributed by atoms with van der Waals surface area (Å²) < 4.78 is 52.3. The van der Waals surface area contributed by atoms with Crippen molar-refractivity contribution in [3.63, 3.8) is 0 Å². The third-order valence-corrected chi connectivity index (χ3v) is 16.2. The average Bonchev–Trinajstić information content (AvgIpc) is 4.16. The van der Waals surface area contributed by atoms with Crippen molar-refractivity contribution in [2.45, 2.75) is 133 Å². The maximum atomic E-state index is 15.0. The molecule has 0 radical (unpaired) electrons. The largest absolute Gasteiger partial charge is 0.492 e. The molecule has 1 spiro atoms. The third kappa shape index (κ3) is 9.73. The Kier molecular flexibility index (Phi) is 13.2. The highest BCUT2D eigenvalue weighted by atomic mass is 32.2. The third-order valence-electron chi connectivity index (χ3n) is 14.1. The molecule has 8 rings (SSSR count). The summed E-state index contributed by atoms with van der Waals surface area (Å²) in [6, 6.07) is 4.89. The lowest BCUT2D eigenvalue weighted by atomic mass is 9.87. The van der Waals surface area contributed by atoms with Crippen LogP contribution in [0.25, 0.3) is 10.9 Å². The van der Waals surface area contributed by atoms with E-state index in [1.165, 1.54) is 0 Å². The highest BCUT2D eigenvalue weighted by molar-refractivity contribution is 7.91. The topological polar surface area (TPSA) is 183 Å². The molecule has 3 amide bonds. The van der Waals surface area contributed by atoms with E-state index in [1.807, 2.05) is 51.1 Å². The predicted molar refractivity (Wildman–Crippen MR) is 235 cm³/mol. The Labute approximate surface area is 371 Å². The van der Waals surface area contributed by atoms with Crippen molar-refractivity contribution < 1.29 is 46.5 Å². The molecule has 1 aromatic carbocycles. The Morgan fingerprint density at radius 3 is 2.62 bits per heavy atom. The molecule has 0 bridgehead atoms. The SMILES string of the molecule is CCc1nc2ccc(OCCN3CCOCC3)cc2c2c1O[C@]1(CC2)C[C@H]2C(=O)N[C@]3(C(=O)NS(=O)(=O)C4(C)CC4)C[C@H]3/C=C\CCCCC[C@H](CC(=O)OCC(C)C)C(=O)N2C1. The molecular weight excluding hydrogens is 827 g/mol. The van der Waals surface area contributed by atoms with Gasteiger partial charge in [0.05, 0.1) is 48.7 Å². The normalized spacial score (nSPS) is 29.0. The Hall–Kier alpha value is -4.28. The average molecular weight is 892 g/mol. The van der Waals surface area contributed by atoms with Crippen LogP contribution in [0, 0.1) is 17.8 Å². The molecule has 63 heavy (non-hydrogen) atoms. The van der Waals surface area contributed by atoms with Crippen LogP contribution in [0.5, 0.6) is 11.5 Å². The van der Waals surface area contributed by atoms with Gasteiger partial charge in [0.1, 0.15) is 35.3 Å². The van der Waals surface area contributed by atoms with Crippen molar-refractivity contribution in [3.8, 4) is 11.5 Å². The molecule has 344 valence electrons. The minimum Gasteiger partial charge on any atom is -0.492 e. The van der Waals surface area contributed by atoms with Gasteiger partial charge in [0.2, 0.25) is 21.8 Å². The summed E-state index contributed by atoms with van der Waals surface area (Å²) >= 11 is 0. The zero-order valence-electron chi connectivity index (χ0n) is 37.4. The number of nitrogens with one attached hydrogen (secondary N) is 2. The Morgan fingerprint density at radius 2 is 1.87 bits per heavy atom. The van der Waals surface area contributed by atoms with Gasteiger partial charge in [0, 0.05) is 48.8 Å². The van der Waals surface area contributed by atoms with Gasteiger partial charge in [-0.25, -0.2) is 13.4 Å². The molecule has 2 saturated carbocycles. The summed E-state index contributed by atoms with van der Waals surface area (Å²) in [5.74, 6) is -1.77. The number of hydrogen-bond donors (Lipinski definition) is 2. The number of esters is 1. The van der Waals surface area contributed by atoms with Gasteiger partial charge in [-0.05, 0) is 88.8 Å². The molecule has 5 heterocycles. The second-order valence-corrected chi connectivity index (χ2v) is 21.6. The number of pyridine rings is 1. The van der Waals surface area contributed by atoms with Crippen molar-refractivity contribution in [3.05, 3.63) is 41.6 Å². The lowest BCUT2D eigenvalue weighted by molar-refractivity contribution is -0.151. The van der Waals surface area contributed by atoms with Gasteiger partial charge >= 0.3 is 5.97 Å². The van der Waals surface area contributed by atoms with E-state index in [9.17, 15) is 27.6 Å².